The van der Waals surface area contributed by atoms with Crippen LogP contribution in [0, 0.1) is 18.3 Å². The highest BCUT2D eigenvalue weighted by atomic mass is 32.2. The van der Waals surface area contributed by atoms with E-state index in [-0.39, 0.29) is 29.5 Å². The third-order valence-corrected chi connectivity index (χ3v) is 4.93. The minimum atomic E-state index is -3.74. The summed E-state index contributed by atoms with van der Waals surface area (Å²) in [6.45, 7) is 2.02. The molecule has 7 heteroatoms. The number of aryl methyl sites for hydroxylation is 1. The highest BCUT2D eigenvalue weighted by Crippen LogP contribution is 2.21. The van der Waals surface area contributed by atoms with Crippen LogP contribution in [0.1, 0.15) is 11.1 Å². The molecule has 0 bridgehead atoms. The van der Waals surface area contributed by atoms with E-state index in [0.717, 1.165) is 4.31 Å². The van der Waals surface area contributed by atoms with Crippen LogP contribution < -0.4 is 5.32 Å². The minimum absolute atomic E-state index is 0.0845. The molecule has 1 aliphatic rings. The lowest BCUT2D eigenvalue weighted by Gasteiger charge is -2.26. The van der Waals surface area contributed by atoms with E-state index in [9.17, 15) is 13.2 Å². The molecule has 1 fully saturated rings. The fourth-order valence-electron chi connectivity index (χ4n) is 1.91. The van der Waals surface area contributed by atoms with Gasteiger partial charge in [-0.3, -0.25) is 4.79 Å². The Balaban J connectivity index is 2.44. The molecular formula is C12H13N3O3S. The van der Waals surface area contributed by atoms with Crippen molar-refractivity contribution in [2.24, 2.45) is 0 Å². The van der Waals surface area contributed by atoms with Crippen molar-refractivity contribution < 1.29 is 13.2 Å². The summed E-state index contributed by atoms with van der Waals surface area (Å²) in [5.41, 5.74) is 0.843. The van der Waals surface area contributed by atoms with Crippen LogP contribution in [0.15, 0.2) is 23.1 Å². The van der Waals surface area contributed by atoms with Gasteiger partial charge in [-0.15, -0.1) is 0 Å². The molecule has 1 heterocycles. The summed E-state index contributed by atoms with van der Waals surface area (Å²) in [6.07, 6.45) is 0. The molecule has 2 rings (SSSR count). The number of carbonyl (C=O) groups is 1. The van der Waals surface area contributed by atoms with Crippen molar-refractivity contribution in [3.63, 3.8) is 0 Å². The van der Waals surface area contributed by atoms with Gasteiger partial charge in [-0.25, -0.2) is 8.42 Å². The monoisotopic (exact) mass is 279 g/mol. The van der Waals surface area contributed by atoms with Crippen LogP contribution in [0.4, 0.5) is 0 Å². The number of hydrogen-bond acceptors (Lipinski definition) is 4. The molecule has 0 saturated carbocycles. The summed E-state index contributed by atoms with van der Waals surface area (Å²) in [7, 11) is -3.74. The number of amides is 1. The fraction of sp³-hybridized carbons (Fsp3) is 0.333. The largest absolute Gasteiger partial charge is 0.354 e. The van der Waals surface area contributed by atoms with Gasteiger partial charge in [0.2, 0.25) is 15.9 Å². The van der Waals surface area contributed by atoms with Gasteiger partial charge in [0.1, 0.15) is 0 Å². The summed E-state index contributed by atoms with van der Waals surface area (Å²) in [4.78, 5) is 11.4. The number of nitrogens with one attached hydrogen (secondary N) is 1. The predicted octanol–water partition coefficient (Wildman–Crippen LogP) is -0.0128. The van der Waals surface area contributed by atoms with Gasteiger partial charge >= 0.3 is 0 Å². The van der Waals surface area contributed by atoms with Crippen molar-refractivity contribution in [3.05, 3.63) is 29.3 Å². The fourth-order valence-corrected chi connectivity index (χ4v) is 3.55. The van der Waals surface area contributed by atoms with Crippen LogP contribution in [0.25, 0.3) is 0 Å². The molecule has 0 unspecified atom stereocenters. The second-order valence-corrected chi connectivity index (χ2v) is 6.19. The Kier molecular flexibility index (Phi) is 3.55. The Morgan fingerprint density at radius 1 is 1.42 bits per heavy atom. The van der Waals surface area contributed by atoms with E-state index < -0.39 is 10.0 Å². The van der Waals surface area contributed by atoms with Crippen LogP contribution in [-0.2, 0) is 14.8 Å². The van der Waals surface area contributed by atoms with E-state index in [1.54, 1.807) is 19.1 Å². The van der Waals surface area contributed by atoms with Crippen LogP contribution in [0.5, 0.6) is 0 Å². The van der Waals surface area contributed by atoms with Crippen molar-refractivity contribution >= 4 is 15.9 Å². The van der Waals surface area contributed by atoms with Crippen LogP contribution in [0.2, 0.25) is 0 Å². The van der Waals surface area contributed by atoms with Crippen molar-refractivity contribution in [3.8, 4) is 6.07 Å². The maximum Gasteiger partial charge on any atom is 0.243 e. The van der Waals surface area contributed by atoms with Crippen molar-refractivity contribution in [2.75, 3.05) is 19.6 Å². The zero-order chi connectivity index (χ0) is 14.0. The number of sulfonamides is 1. The van der Waals surface area contributed by atoms with E-state index in [0.29, 0.717) is 12.1 Å². The lowest BCUT2D eigenvalue weighted by Crippen LogP contribution is -2.49. The van der Waals surface area contributed by atoms with E-state index in [1.165, 1.54) is 6.07 Å². The summed E-state index contributed by atoms with van der Waals surface area (Å²) in [5.74, 6) is -0.316. The van der Waals surface area contributed by atoms with Gasteiger partial charge in [0.25, 0.3) is 0 Å². The van der Waals surface area contributed by atoms with E-state index >= 15 is 0 Å². The first-order chi connectivity index (χ1) is 8.95. The Bertz CT molecular complexity index is 661. The quantitative estimate of drug-likeness (QED) is 0.824. The molecule has 1 N–H and O–H groups in total. The lowest BCUT2D eigenvalue weighted by molar-refractivity contribution is -0.122. The summed E-state index contributed by atoms with van der Waals surface area (Å²) in [6, 6.07) is 6.42. The van der Waals surface area contributed by atoms with Gasteiger partial charge in [0, 0.05) is 13.1 Å². The number of nitrogens with zero attached hydrogens (tertiary/aromatic N) is 2. The SMILES string of the molecule is Cc1ccc(C#N)cc1S(=O)(=O)N1CCNC(=O)C1. The number of carbonyl (C=O) groups excluding carboxylic acids is 1. The molecule has 1 amide bonds. The second-order valence-electron chi connectivity index (χ2n) is 4.28. The van der Waals surface area contributed by atoms with E-state index in [1.807, 2.05) is 6.07 Å². The number of hydrogen-bond donors (Lipinski definition) is 1. The Morgan fingerprint density at radius 2 is 2.16 bits per heavy atom. The van der Waals surface area contributed by atoms with E-state index in [4.69, 9.17) is 5.26 Å². The number of piperazine rings is 1. The molecule has 0 radical (unpaired) electrons. The summed E-state index contributed by atoms with van der Waals surface area (Å²) < 4.78 is 26.1. The molecule has 0 aliphatic carbocycles. The van der Waals surface area contributed by atoms with Gasteiger partial charge < -0.3 is 5.32 Å². The zero-order valence-corrected chi connectivity index (χ0v) is 11.2. The minimum Gasteiger partial charge on any atom is -0.354 e. The predicted molar refractivity (Wildman–Crippen MR) is 67.7 cm³/mol. The second kappa shape index (κ2) is 4.99. The maximum absolute atomic E-state index is 12.5. The van der Waals surface area contributed by atoms with Gasteiger partial charge in [-0.2, -0.15) is 9.57 Å². The molecule has 1 aliphatic heterocycles. The molecule has 1 saturated heterocycles. The first-order valence-electron chi connectivity index (χ1n) is 5.73. The Labute approximate surface area is 111 Å². The summed E-state index contributed by atoms with van der Waals surface area (Å²) in [5, 5.41) is 11.4. The molecule has 100 valence electrons. The third kappa shape index (κ3) is 2.59. The maximum atomic E-state index is 12.5. The van der Waals surface area contributed by atoms with Gasteiger partial charge in [0.15, 0.2) is 0 Å². The van der Waals surface area contributed by atoms with Gasteiger partial charge in [0.05, 0.1) is 23.1 Å². The lowest BCUT2D eigenvalue weighted by atomic mass is 10.2. The summed E-state index contributed by atoms with van der Waals surface area (Å²) >= 11 is 0. The first kappa shape index (κ1) is 13.5. The van der Waals surface area contributed by atoms with E-state index in [2.05, 4.69) is 5.32 Å². The molecule has 1 aromatic carbocycles. The number of rotatable bonds is 2. The topological polar surface area (TPSA) is 90.3 Å². The molecule has 0 atom stereocenters. The normalized spacial score (nSPS) is 16.7. The third-order valence-electron chi connectivity index (χ3n) is 2.94. The average Bonchev–Trinajstić information content (AvgIpc) is 2.39. The standard InChI is InChI=1S/C12H13N3O3S/c1-9-2-3-10(7-13)6-11(9)19(17,18)15-5-4-14-12(16)8-15/h2-3,6H,4-5,8H2,1H3,(H,14,16). The van der Waals surface area contributed by atoms with Gasteiger partial charge in [-0.1, -0.05) is 6.07 Å². The van der Waals surface area contributed by atoms with Crippen molar-refractivity contribution in [2.45, 2.75) is 11.8 Å². The highest BCUT2D eigenvalue weighted by molar-refractivity contribution is 7.89. The first-order valence-corrected chi connectivity index (χ1v) is 7.17. The van der Waals surface area contributed by atoms with Crippen LogP contribution in [-0.4, -0.2) is 38.3 Å². The van der Waals surface area contributed by atoms with Crippen LogP contribution >= 0.6 is 0 Å². The molecule has 1 aromatic rings. The Morgan fingerprint density at radius 3 is 2.79 bits per heavy atom. The molecule has 19 heavy (non-hydrogen) atoms. The Hall–Kier alpha value is -1.91. The smallest absolute Gasteiger partial charge is 0.243 e. The molecule has 0 aromatic heterocycles. The van der Waals surface area contributed by atoms with Crippen molar-refractivity contribution in [1.82, 2.24) is 9.62 Å². The highest BCUT2D eigenvalue weighted by Gasteiger charge is 2.30. The number of nitriles is 1. The van der Waals surface area contributed by atoms with Crippen molar-refractivity contribution in [1.29, 1.82) is 5.26 Å². The van der Waals surface area contributed by atoms with Gasteiger partial charge in [-0.05, 0) is 24.6 Å². The molecular weight excluding hydrogens is 266 g/mol. The molecule has 6 nitrogen and oxygen atoms in total. The number of benzene rings is 1. The molecule has 0 spiro atoms. The zero-order valence-electron chi connectivity index (χ0n) is 10.4. The average molecular weight is 279 g/mol. The van der Waals surface area contributed by atoms with Crippen LogP contribution in [0.3, 0.4) is 0 Å².